The quantitative estimate of drug-likeness (QED) is 0.829. The van der Waals surface area contributed by atoms with Crippen LogP contribution in [0.1, 0.15) is 34.1 Å². The van der Waals surface area contributed by atoms with Crippen LogP contribution in [0.15, 0.2) is 18.2 Å². The van der Waals surface area contributed by atoms with Gasteiger partial charge in [-0.25, -0.2) is 4.98 Å². The Morgan fingerprint density at radius 1 is 1.47 bits per heavy atom. The fourth-order valence-corrected chi connectivity index (χ4v) is 2.39. The van der Waals surface area contributed by atoms with E-state index >= 15 is 0 Å². The second-order valence-electron chi connectivity index (χ2n) is 6.32. The molecule has 1 aromatic heterocycles. The predicted octanol–water partition coefficient (Wildman–Crippen LogP) is 3.47. The van der Waals surface area contributed by atoms with Crippen LogP contribution in [0.5, 0.6) is 0 Å². The van der Waals surface area contributed by atoms with Crippen LogP contribution >= 0.6 is 0 Å². The molecule has 0 spiro atoms. The number of halogens is 1. The SMILES string of the molecule is CC(C)COC1CC(Nc2cccc(F)n2)C1(C)C. The van der Waals surface area contributed by atoms with Crippen molar-refractivity contribution >= 4 is 5.82 Å². The molecular formula is C15H23FN2O. The minimum absolute atomic E-state index is 0.0445. The minimum atomic E-state index is -0.449. The van der Waals surface area contributed by atoms with Gasteiger partial charge < -0.3 is 10.1 Å². The molecule has 1 saturated carbocycles. The van der Waals surface area contributed by atoms with Crippen LogP contribution in [0.4, 0.5) is 10.2 Å². The summed E-state index contributed by atoms with van der Waals surface area (Å²) >= 11 is 0. The summed E-state index contributed by atoms with van der Waals surface area (Å²) in [5, 5.41) is 3.30. The van der Waals surface area contributed by atoms with E-state index < -0.39 is 5.95 Å². The first kappa shape index (κ1) is 14.3. The van der Waals surface area contributed by atoms with Crippen LogP contribution in [0.2, 0.25) is 0 Å². The lowest BCUT2D eigenvalue weighted by atomic mass is 9.64. The number of hydrogen-bond acceptors (Lipinski definition) is 3. The van der Waals surface area contributed by atoms with E-state index in [-0.39, 0.29) is 17.6 Å². The molecular weight excluding hydrogens is 243 g/mol. The Morgan fingerprint density at radius 2 is 2.21 bits per heavy atom. The number of pyridine rings is 1. The molecule has 1 aliphatic rings. The number of nitrogens with zero attached hydrogens (tertiary/aromatic N) is 1. The zero-order valence-corrected chi connectivity index (χ0v) is 12.1. The third-order valence-corrected chi connectivity index (χ3v) is 3.85. The predicted molar refractivity (Wildman–Crippen MR) is 74.6 cm³/mol. The van der Waals surface area contributed by atoms with Gasteiger partial charge in [0, 0.05) is 18.1 Å². The van der Waals surface area contributed by atoms with E-state index in [2.05, 4.69) is 38.0 Å². The Hall–Kier alpha value is -1.16. The first-order chi connectivity index (χ1) is 8.89. The van der Waals surface area contributed by atoms with Crippen LogP contribution in [0.3, 0.4) is 0 Å². The average molecular weight is 266 g/mol. The summed E-state index contributed by atoms with van der Waals surface area (Å²) in [6.07, 6.45) is 1.21. The lowest BCUT2D eigenvalue weighted by molar-refractivity contribution is -0.109. The summed E-state index contributed by atoms with van der Waals surface area (Å²) in [5.41, 5.74) is 0.0445. The smallest absolute Gasteiger partial charge is 0.214 e. The zero-order valence-electron chi connectivity index (χ0n) is 12.1. The average Bonchev–Trinajstić information content (AvgIpc) is 2.32. The van der Waals surface area contributed by atoms with E-state index in [0.29, 0.717) is 11.7 Å². The molecule has 0 aliphatic heterocycles. The molecule has 2 unspecified atom stereocenters. The van der Waals surface area contributed by atoms with Crippen molar-refractivity contribution in [3.8, 4) is 0 Å². The van der Waals surface area contributed by atoms with E-state index in [1.54, 1.807) is 12.1 Å². The van der Waals surface area contributed by atoms with Crippen molar-refractivity contribution in [3.63, 3.8) is 0 Å². The topological polar surface area (TPSA) is 34.1 Å². The maximum absolute atomic E-state index is 13.0. The van der Waals surface area contributed by atoms with E-state index in [0.717, 1.165) is 13.0 Å². The summed E-state index contributed by atoms with van der Waals surface area (Å²) in [5.74, 6) is 0.697. The van der Waals surface area contributed by atoms with E-state index in [1.807, 2.05) is 0 Å². The largest absolute Gasteiger partial charge is 0.377 e. The van der Waals surface area contributed by atoms with Gasteiger partial charge in [0.15, 0.2) is 0 Å². The Labute approximate surface area is 114 Å². The summed E-state index contributed by atoms with van der Waals surface area (Å²) in [7, 11) is 0. The Kier molecular flexibility index (Phi) is 4.09. The van der Waals surface area contributed by atoms with Crippen molar-refractivity contribution in [2.45, 2.75) is 46.3 Å². The zero-order chi connectivity index (χ0) is 14.0. The first-order valence-electron chi connectivity index (χ1n) is 6.90. The summed E-state index contributed by atoms with van der Waals surface area (Å²) < 4.78 is 19.0. The van der Waals surface area contributed by atoms with Gasteiger partial charge in [0.1, 0.15) is 5.82 Å². The lowest BCUT2D eigenvalue weighted by Crippen LogP contribution is -2.58. The Bertz CT molecular complexity index is 434. The molecule has 1 aliphatic carbocycles. The molecule has 19 heavy (non-hydrogen) atoms. The maximum atomic E-state index is 13.0. The van der Waals surface area contributed by atoms with Gasteiger partial charge in [-0.15, -0.1) is 0 Å². The monoisotopic (exact) mass is 266 g/mol. The highest BCUT2D eigenvalue weighted by Crippen LogP contribution is 2.44. The van der Waals surface area contributed by atoms with Crippen LogP contribution in [0, 0.1) is 17.3 Å². The molecule has 0 bridgehead atoms. The van der Waals surface area contributed by atoms with Crippen molar-refractivity contribution in [1.82, 2.24) is 4.98 Å². The number of anilines is 1. The van der Waals surface area contributed by atoms with Crippen molar-refractivity contribution in [2.24, 2.45) is 11.3 Å². The van der Waals surface area contributed by atoms with E-state index in [9.17, 15) is 4.39 Å². The lowest BCUT2D eigenvalue weighted by Gasteiger charge is -2.52. The fraction of sp³-hybridized carbons (Fsp3) is 0.667. The molecule has 106 valence electrons. The normalized spacial score (nSPS) is 25.2. The van der Waals surface area contributed by atoms with Gasteiger partial charge in [0.05, 0.1) is 6.10 Å². The standard InChI is InChI=1S/C15H23FN2O/c1-10(2)9-19-12-8-11(15(12,3)4)17-14-7-5-6-13(16)18-14/h5-7,10-12H,8-9H2,1-4H3,(H,17,18). The van der Waals surface area contributed by atoms with Crippen molar-refractivity contribution < 1.29 is 9.13 Å². The second-order valence-corrected chi connectivity index (χ2v) is 6.32. The van der Waals surface area contributed by atoms with Crippen LogP contribution in [0.25, 0.3) is 0 Å². The van der Waals surface area contributed by atoms with Gasteiger partial charge in [0.25, 0.3) is 0 Å². The molecule has 1 aromatic rings. The third kappa shape index (κ3) is 3.24. The highest BCUT2D eigenvalue weighted by Gasteiger charge is 2.49. The van der Waals surface area contributed by atoms with Gasteiger partial charge in [-0.3, -0.25) is 0 Å². The minimum Gasteiger partial charge on any atom is -0.377 e. The molecule has 0 aromatic carbocycles. The Morgan fingerprint density at radius 3 is 2.79 bits per heavy atom. The molecule has 1 heterocycles. The highest BCUT2D eigenvalue weighted by atomic mass is 19.1. The number of rotatable bonds is 5. The molecule has 4 heteroatoms. The fourth-order valence-electron chi connectivity index (χ4n) is 2.39. The van der Waals surface area contributed by atoms with Crippen LogP contribution < -0.4 is 5.32 Å². The van der Waals surface area contributed by atoms with Gasteiger partial charge in [-0.1, -0.05) is 33.8 Å². The third-order valence-electron chi connectivity index (χ3n) is 3.85. The molecule has 1 fully saturated rings. The number of hydrogen-bond donors (Lipinski definition) is 1. The highest BCUT2D eigenvalue weighted by molar-refractivity contribution is 5.37. The van der Waals surface area contributed by atoms with Gasteiger partial charge in [-0.05, 0) is 24.5 Å². The van der Waals surface area contributed by atoms with Crippen molar-refractivity contribution in [2.75, 3.05) is 11.9 Å². The molecule has 1 N–H and O–H groups in total. The number of aromatic nitrogens is 1. The molecule has 2 rings (SSSR count). The first-order valence-corrected chi connectivity index (χ1v) is 6.90. The molecule has 0 amide bonds. The molecule has 3 nitrogen and oxygen atoms in total. The van der Waals surface area contributed by atoms with Gasteiger partial charge >= 0.3 is 0 Å². The number of nitrogens with one attached hydrogen (secondary N) is 1. The number of ether oxygens (including phenoxy) is 1. The molecule has 0 saturated heterocycles. The summed E-state index contributed by atoms with van der Waals surface area (Å²) in [6.45, 7) is 9.45. The van der Waals surface area contributed by atoms with Crippen molar-refractivity contribution in [3.05, 3.63) is 24.1 Å². The Balaban J connectivity index is 1.90. The summed E-state index contributed by atoms with van der Waals surface area (Å²) in [6, 6.07) is 5.09. The molecule has 2 atom stereocenters. The van der Waals surface area contributed by atoms with Gasteiger partial charge in [-0.2, -0.15) is 4.39 Å². The van der Waals surface area contributed by atoms with Gasteiger partial charge in [0.2, 0.25) is 5.95 Å². The second kappa shape index (κ2) is 5.45. The maximum Gasteiger partial charge on any atom is 0.214 e. The van der Waals surface area contributed by atoms with Crippen LogP contribution in [-0.4, -0.2) is 23.7 Å². The van der Waals surface area contributed by atoms with E-state index in [1.165, 1.54) is 6.07 Å². The van der Waals surface area contributed by atoms with Crippen LogP contribution in [-0.2, 0) is 4.74 Å². The van der Waals surface area contributed by atoms with Crippen molar-refractivity contribution in [1.29, 1.82) is 0 Å². The summed E-state index contributed by atoms with van der Waals surface area (Å²) in [4.78, 5) is 3.84. The van der Waals surface area contributed by atoms with E-state index in [4.69, 9.17) is 4.74 Å². The molecule has 0 radical (unpaired) electrons.